The normalized spacial score (nSPS) is 14.2. The van der Waals surface area contributed by atoms with Gasteiger partial charge in [0.05, 0.1) is 45.4 Å². The Labute approximate surface area is 427 Å². The molecule has 0 rings (SSSR count). The molecule has 3 amide bonds. The average Bonchev–Trinajstić information content (AvgIpc) is 3.25. The third-order valence-corrected chi connectivity index (χ3v) is 9.76. The Balaban J connectivity index is -0.00000260. The van der Waals surface area contributed by atoms with Crippen LogP contribution in [0.5, 0.6) is 0 Å². The Hall–Kier alpha value is -3.40. The van der Waals surface area contributed by atoms with Crippen molar-refractivity contribution in [2.24, 2.45) is 17.2 Å². The van der Waals surface area contributed by atoms with Crippen molar-refractivity contribution in [3.8, 4) is 0 Å². The maximum Gasteiger partial charge on any atom is 3.00 e. The topological polar surface area (TPSA) is 475 Å². The van der Waals surface area contributed by atoms with E-state index in [4.69, 9.17) is 37.6 Å². The predicted octanol–water partition coefficient (Wildman–Crippen LogP) is -7.20. The van der Waals surface area contributed by atoms with Gasteiger partial charge >= 0.3 is 69.8 Å². The molecular formula is C39H76GdN10O18+3. The molecule has 1 radical (unpaired) electrons. The van der Waals surface area contributed by atoms with Gasteiger partial charge in [-0.05, 0) is 84.5 Å². The summed E-state index contributed by atoms with van der Waals surface area (Å²) in [7, 11) is 1.57. The van der Waals surface area contributed by atoms with E-state index in [0.717, 1.165) is 0 Å². The summed E-state index contributed by atoms with van der Waals surface area (Å²) in [5.74, 6) is -8.75. The van der Waals surface area contributed by atoms with Gasteiger partial charge < -0.3 is 89.5 Å². The van der Waals surface area contributed by atoms with Gasteiger partial charge in [0.15, 0.2) is 0 Å². The number of unbranched alkanes of at least 4 members (excludes halogenated alkanes) is 3. The van der Waals surface area contributed by atoms with E-state index in [1.807, 2.05) is 0 Å². The molecule has 0 aromatic carbocycles. The van der Waals surface area contributed by atoms with Crippen LogP contribution in [0.25, 0.3) is 0 Å². The summed E-state index contributed by atoms with van der Waals surface area (Å²) in [6.45, 7) is -2.98. The fourth-order valence-corrected chi connectivity index (χ4v) is 6.12. The molecule has 3 unspecified atom stereocenters. The Morgan fingerprint density at radius 2 is 0.765 bits per heavy atom. The molecule has 0 saturated carbocycles. The smallest absolute Gasteiger partial charge is 0.480 e. The number of carboxylic acid groups (broad SMARTS) is 5. The van der Waals surface area contributed by atoms with Crippen LogP contribution in [0.1, 0.15) is 57.8 Å². The van der Waals surface area contributed by atoms with Crippen molar-refractivity contribution < 1.29 is 129 Å². The Bertz CT molecular complexity index is 1410. The monoisotopic (exact) mass is 1130 g/mol. The second kappa shape index (κ2) is 41.4. The summed E-state index contributed by atoms with van der Waals surface area (Å²) in [5, 5.41) is 102. The minimum Gasteiger partial charge on any atom is -0.480 e. The van der Waals surface area contributed by atoms with Crippen molar-refractivity contribution in [2.45, 2.75) is 100 Å². The number of hydrogen-bond donors (Lipinski definition) is 17. The van der Waals surface area contributed by atoms with Gasteiger partial charge in [0.1, 0.15) is 36.4 Å². The van der Waals surface area contributed by atoms with Crippen LogP contribution in [-0.4, -0.2) is 255 Å². The molecule has 68 heavy (non-hydrogen) atoms. The van der Waals surface area contributed by atoms with E-state index in [2.05, 4.69) is 21.3 Å². The number of likely N-dealkylation sites (N-methyl/N-ethyl adjacent to an activating group) is 1. The van der Waals surface area contributed by atoms with E-state index in [0.29, 0.717) is 58.2 Å². The first-order valence-corrected chi connectivity index (χ1v) is 21.8. The van der Waals surface area contributed by atoms with Crippen LogP contribution in [0.2, 0.25) is 0 Å². The van der Waals surface area contributed by atoms with Gasteiger partial charge in [0, 0.05) is 32.7 Å². The third-order valence-electron chi connectivity index (χ3n) is 9.76. The standard InChI is InChI=1S/C32H59N9O13.C7H17NO5.Gd/c33-10-4-1-7-22(30(49)50)36-25(42)17-39(13-15-40(20-28(45)46)18-26(43)37-23(31(51)52)8-2-5-11-34)14-16-41(21-29(47)48)19-27(44)38-24(32(53)54)9-3-6-12-35;1-8-2-4(10)6(12)7(13)5(11)3-9;/h22-24H,1-21,33-35H2,(H,36,42)(H,37,43)(H,38,44)(H,45,46)(H,47,48)(H,49,50)(H,51,52)(H,53,54);4-13H,2-3H2,1H3;/q;;+3/t;4-,5+,6+,7+;/m.1./s1. The largest absolute Gasteiger partial charge is 3.00 e. The van der Waals surface area contributed by atoms with Crippen molar-refractivity contribution in [1.29, 1.82) is 0 Å². The number of nitrogens with two attached hydrogens (primary N) is 3. The van der Waals surface area contributed by atoms with Crippen LogP contribution in [0, 0.1) is 39.9 Å². The van der Waals surface area contributed by atoms with Crippen LogP contribution >= 0.6 is 0 Å². The first kappa shape index (κ1) is 68.9. The first-order chi connectivity index (χ1) is 31.6. The van der Waals surface area contributed by atoms with Crippen LogP contribution < -0.4 is 38.5 Å². The molecule has 29 heteroatoms. The van der Waals surface area contributed by atoms with Gasteiger partial charge in [-0.2, -0.15) is 0 Å². The van der Waals surface area contributed by atoms with Crippen LogP contribution in [0.4, 0.5) is 0 Å². The number of nitrogens with one attached hydrogen (secondary N) is 4. The van der Waals surface area contributed by atoms with E-state index >= 15 is 0 Å². The summed E-state index contributed by atoms with van der Waals surface area (Å²) < 4.78 is 0. The van der Waals surface area contributed by atoms with Crippen molar-refractivity contribution >= 4 is 47.6 Å². The number of aliphatic carboxylic acids is 5. The van der Waals surface area contributed by atoms with Gasteiger partial charge in [0.2, 0.25) is 17.7 Å². The van der Waals surface area contributed by atoms with Crippen molar-refractivity contribution in [3.05, 3.63) is 0 Å². The summed E-state index contributed by atoms with van der Waals surface area (Å²) in [4.78, 5) is 101. The van der Waals surface area contributed by atoms with Gasteiger partial charge in [0.25, 0.3) is 0 Å². The van der Waals surface area contributed by atoms with Crippen LogP contribution in [0.3, 0.4) is 0 Å². The predicted molar refractivity (Wildman–Crippen MR) is 237 cm³/mol. The van der Waals surface area contributed by atoms with Gasteiger partial charge in [-0.3, -0.25) is 38.7 Å². The fraction of sp³-hybridized carbons (Fsp3) is 0.795. The zero-order valence-corrected chi connectivity index (χ0v) is 40.7. The Kier molecular flexibility index (Phi) is 41.9. The molecule has 28 nitrogen and oxygen atoms in total. The quantitative estimate of drug-likeness (QED) is 0.0254. The zero-order chi connectivity index (χ0) is 51.5. The number of rotatable bonds is 40. The molecule has 0 aliphatic rings. The summed E-state index contributed by atoms with van der Waals surface area (Å²) in [6.07, 6.45) is -2.51. The number of carbonyl (C=O) groups excluding carboxylic acids is 3. The number of aliphatic hydroxyl groups excluding tert-OH is 5. The summed E-state index contributed by atoms with van der Waals surface area (Å²) in [5.41, 5.74) is 16.4. The fourth-order valence-electron chi connectivity index (χ4n) is 6.12. The molecular weight excluding hydrogens is 1050 g/mol. The Morgan fingerprint density at radius 3 is 1.03 bits per heavy atom. The van der Waals surface area contributed by atoms with Crippen LogP contribution in [0.15, 0.2) is 0 Å². The molecule has 0 bridgehead atoms. The van der Waals surface area contributed by atoms with Crippen molar-refractivity contribution in [3.63, 3.8) is 0 Å². The molecule has 0 aromatic rings. The van der Waals surface area contributed by atoms with E-state index in [-0.39, 0.29) is 91.9 Å². The maximum atomic E-state index is 13.1. The molecule has 0 aliphatic carbocycles. The molecule has 20 N–H and O–H groups in total. The second-order valence-electron chi connectivity index (χ2n) is 15.6. The number of carboxylic acids is 5. The number of hydrogen-bond acceptors (Lipinski definition) is 20. The number of amides is 3. The molecule has 7 atom stereocenters. The molecule has 0 aliphatic heterocycles. The van der Waals surface area contributed by atoms with Crippen molar-refractivity contribution in [2.75, 3.05) is 98.7 Å². The van der Waals surface area contributed by atoms with Gasteiger partial charge in [-0.25, -0.2) is 14.4 Å². The number of carbonyl (C=O) groups is 8. The van der Waals surface area contributed by atoms with E-state index in [1.165, 1.54) is 14.7 Å². The van der Waals surface area contributed by atoms with Gasteiger partial charge in [-0.1, -0.05) is 0 Å². The molecule has 0 heterocycles. The minimum atomic E-state index is -1.55. The minimum absolute atomic E-state index is 0. The van der Waals surface area contributed by atoms with E-state index < -0.39 is 129 Å². The molecule has 0 aromatic heterocycles. The van der Waals surface area contributed by atoms with Gasteiger partial charge in [-0.15, -0.1) is 0 Å². The number of aliphatic hydroxyl groups is 5. The number of nitrogens with zero attached hydrogens (tertiary/aromatic N) is 3. The van der Waals surface area contributed by atoms with Crippen molar-refractivity contribution in [1.82, 2.24) is 36.0 Å². The molecule has 0 fully saturated rings. The van der Waals surface area contributed by atoms with E-state index in [9.17, 15) is 69.0 Å². The maximum absolute atomic E-state index is 13.1. The third kappa shape index (κ3) is 34.8. The zero-order valence-electron chi connectivity index (χ0n) is 38.5. The molecule has 395 valence electrons. The molecule has 0 spiro atoms. The Morgan fingerprint density at radius 1 is 0.471 bits per heavy atom. The van der Waals surface area contributed by atoms with Crippen LogP contribution in [-0.2, 0) is 38.4 Å². The van der Waals surface area contributed by atoms with E-state index in [1.54, 1.807) is 7.05 Å². The second-order valence-corrected chi connectivity index (χ2v) is 15.6. The first-order valence-electron chi connectivity index (χ1n) is 21.8. The summed E-state index contributed by atoms with van der Waals surface area (Å²) in [6, 6.07) is -3.72. The molecule has 0 saturated heterocycles. The average molecular weight is 1130 g/mol. The SMILES string of the molecule is CNC[C@@H](O)[C@H](O)[C@@H](O)[C@@H](O)CO.NCCCCC(NC(=O)CN(CCN(CC(=O)O)CC(=O)NC(CCCCN)C(=O)O)CCN(CC(=O)O)CC(=O)NC(CCCCN)C(=O)O)C(=O)O.[Gd+3]. The summed E-state index contributed by atoms with van der Waals surface area (Å²) >= 11 is 0.